The van der Waals surface area contributed by atoms with Gasteiger partial charge < -0.3 is 15.2 Å². The zero-order valence-electron chi connectivity index (χ0n) is 13.3. The number of H-pyrrole nitrogens is 1. The van der Waals surface area contributed by atoms with Crippen LogP contribution in [0.1, 0.15) is 31.2 Å². The van der Waals surface area contributed by atoms with Crippen LogP contribution in [0.3, 0.4) is 0 Å². The molecule has 0 radical (unpaired) electrons. The maximum absolute atomic E-state index is 11.9. The van der Waals surface area contributed by atoms with Gasteiger partial charge in [0, 0.05) is 49.6 Å². The molecule has 2 amide bonds. The van der Waals surface area contributed by atoms with Crippen molar-refractivity contribution in [3.63, 3.8) is 0 Å². The molecule has 0 spiro atoms. The lowest BCUT2D eigenvalue weighted by Crippen LogP contribution is -2.30. The van der Waals surface area contributed by atoms with Gasteiger partial charge >= 0.3 is 0 Å². The molecule has 2 N–H and O–H groups in total. The average Bonchev–Trinajstić information content (AvgIpc) is 3.16. The first-order chi connectivity index (χ1) is 11.2. The van der Waals surface area contributed by atoms with Crippen molar-refractivity contribution in [3.05, 3.63) is 36.0 Å². The normalized spacial score (nSPS) is 14.6. The highest BCUT2D eigenvalue weighted by Crippen LogP contribution is 2.18. The summed E-state index contributed by atoms with van der Waals surface area (Å²) in [4.78, 5) is 28.5. The molecule has 0 bridgehead atoms. The number of hydrogen-bond donors (Lipinski definition) is 2. The number of rotatable bonds is 7. The maximum atomic E-state index is 11.9. The van der Waals surface area contributed by atoms with Crippen LogP contribution in [-0.4, -0.2) is 41.3 Å². The van der Waals surface area contributed by atoms with E-state index >= 15 is 0 Å². The van der Waals surface area contributed by atoms with Gasteiger partial charge in [-0.05, 0) is 30.9 Å². The van der Waals surface area contributed by atoms with Gasteiger partial charge in [-0.25, -0.2) is 0 Å². The molecule has 23 heavy (non-hydrogen) atoms. The molecule has 122 valence electrons. The molecule has 0 unspecified atom stereocenters. The third-order valence-electron chi connectivity index (χ3n) is 4.39. The van der Waals surface area contributed by atoms with Crippen molar-refractivity contribution < 1.29 is 9.59 Å². The molecule has 2 heterocycles. The molecule has 1 aromatic heterocycles. The molecule has 1 aromatic carbocycles. The minimum absolute atomic E-state index is 0.0722. The van der Waals surface area contributed by atoms with Crippen LogP contribution in [-0.2, 0) is 16.0 Å². The quantitative estimate of drug-likeness (QED) is 0.770. The second-order valence-corrected chi connectivity index (χ2v) is 6.05. The van der Waals surface area contributed by atoms with Crippen molar-refractivity contribution in [2.24, 2.45) is 0 Å². The Balaban J connectivity index is 1.37. The molecule has 1 saturated heterocycles. The van der Waals surface area contributed by atoms with Crippen molar-refractivity contribution in [1.82, 2.24) is 15.2 Å². The number of amides is 2. The van der Waals surface area contributed by atoms with Gasteiger partial charge in [-0.15, -0.1) is 0 Å². The molecule has 1 aliphatic rings. The smallest absolute Gasteiger partial charge is 0.222 e. The Morgan fingerprint density at radius 1 is 1.30 bits per heavy atom. The predicted octanol–water partition coefficient (Wildman–Crippen LogP) is 2.23. The number of likely N-dealkylation sites (tertiary alicyclic amines) is 1. The standard InChI is InChI=1S/C18H23N3O2/c22-17(19-10-4-12-21-11-3-7-18(21)23)9-8-14-13-20-16-6-2-1-5-15(14)16/h1-2,5-6,13,20H,3-4,7-12H2,(H,19,22). The van der Waals surface area contributed by atoms with Gasteiger partial charge in [0.2, 0.25) is 11.8 Å². The Morgan fingerprint density at radius 2 is 2.17 bits per heavy atom. The van der Waals surface area contributed by atoms with E-state index in [2.05, 4.69) is 16.4 Å². The summed E-state index contributed by atoms with van der Waals surface area (Å²) >= 11 is 0. The van der Waals surface area contributed by atoms with Crippen molar-refractivity contribution in [3.8, 4) is 0 Å². The molecular weight excluding hydrogens is 290 g/mol. The van der Waals surface area contributed by atoms with Gasteiger partial charge in [0.1, 0.15) is 0 Å². The Morgan fingerprint density at radius 3 is 3.00 bits per heavy atom. The van der Waals surface area contributed by atoms with E-state index in [0.717, 1.165) is 37.9 Å². The van der Waals surface area contributed by atoms with Gasteiger partial charge in [-0.2, -0.15) is 0 Å². The number of nitrogens with zero attached hydrogens (tertiary/aromatic N) is 1. The van der Waals surface area contributed by atoms with Crippen LogP contribution in [0.2, 0.25) is 0 Å². The summed E-state index contributed by atoms with van der Waals surface area (Å²) < 4.78 is 0. The molecule has 0 atom stereocenters. The van der Waals surface area contributed by atoms with Crippen LogP contribution >= 0.6 is 0 Å². The maximum Gasteiger partial charge on any atom is 0.222 e. The second kappa shape index (κ2) is 7.31. The number of para-hydroxylation sites is 1. The number of carbonyl (C=O) groups is 2. The summed E-state index contributed by atoms with van der Waals surface area (Å²) in [6.45, 7) is 2.26. The topological polar surface area (TPSA) is 65.2 Å². The van der Waals surface area contributed by atoms with Crippen LogP contribution in [0.15, 0.2) is 30.5 Å². The zero-order chi connectivity index (χ0) is 16.1. The Labute approximate surface area is 136 Å². The van der Waals surface area contributed by atoms with E-state index in [1.54, 1.807) is 0 Å². The summed E-state index contributed by atoms with van der Waals surface area (Å²) in [7, 11) is 0. The fourth-order valence-electron chi connectivity index (χ4n) is 3.11. The minimum atomic E-state index is 0.0722. The lowest BCUT2D eigenvalue weighted by molar-refractivity contribution is -0.127. The summed E-state index contributed by atoms with van der Waals surface area (Å²) in [5, 5.41) is 4.13. The average molecular weight is 313 g/mol. The molecule has 5 heteroatoms. The van der Waals surface area contributed by atoms with E-state index in [1.807, 2.05) is 29.3 Å². The third kappa shape index (κ3) is 3.92. The first-order valence-electron chi connectivity index (χ1n) is 8.33. The lowest BCUT2D eigenvalue weighted by atomic mass is 10.1. The molecule has 0 saturated carbocycles. The number of benzene rings is 1. The number of hydrogen-bond acceptors (Lipinski definition) is 2. The monoisotopic (exact) mass is 313 g/mol. The number of fused-ring (bicyclic) bond motifs is 1. The minimum Gasteiger partial charge on any atom is -0.361 e. The molecular formula is C18H23N3O2. The first kappa shape index (κ1) is 15.6. The van der Waals surface area contributed by atoms with Crippen LogP contribution < -0.4 is 5.32 Å². The predicted molar refractivity (Wildman–Crippen MR) is 90.1 cm³/mol. The summed E-state index contributed by atoms with van der Waals surface area (Å²) in [6.07, 6.45) is 5.68. The first-order valence-corrected chi connectivity index (χ1v) is 8.33. The highest BCUT2D eigenvalue weighted by Gasteiger charge is 2.18. The van der Waals surface area contributed by atoms with Crippen LogP contribution in [0, 0.1) is 0 Å². The van der Waals surface area contributed by atoms with E-state index in [4.69, 9.17) is 0 Å². The Bertz CT molecular complexity index is 692. The zero-order valence-corrected chi connectivity index (χ0v) is 13.3. The van der Waals surface area contributed by atoms with Gasteiger partial charge in [-0.1, -0.05) is 18.2 Å². The molecule has 0 aliphatic carbocycles. The molecule has 1 fully saturated rings. The fraction of sp³-hybridized carbons (Fsp3) is 0.444. The third-order valence-corrected chi connectivity index (χ3v) is 4.39. The SMILES string of the molecule is O=C(CCc1c[nH]c2ccccc12)NCCCN1CCCC1=O. The van der Waals surface area contributed by atoms with E-state index in [-0.39, 0.29) is 11.8 Å². The largest absolute Gasteiger partial charge is 0.361 e. The number of aromatic nitrogens is 1. The molecule has 1 aliphatic heterocycles. The highest BCUT2D eigenvalue weighted by molar-refractivity contribution is 5.84. The van der Waals surface area contributed by atoms with Crippen molar-refractivity contribution in [2.75, 3.05) is 19.6 Å². The van der Waals surface area contributed by atoms with Crippen LogP contribution in [0.5, 0.6) is 0 Å². The summed E-state index contributed by atoms with van der Waals surface area (Å²) in [6, 6.07) is 8.13. The summed E-state index contributed by atoms with van der Waals surface area (Å²) in [5.74, 6) is 0.318. The second-order valence-electron chi connectivity index (χ2n) is 6.05. The molecule has 3 rings (SSSR count). The number of nitrogens with one attached hydrogen (secondary N) is 2. The number of carbonyl (C=O) groups excluding carboxylic acids is 2. The van der Waals surface area contributed by atoms with Crippen molar-refractivity contribution >= 4 is 22.7 Å². The molecule has 2 aromatic rings. The fourth-order valence-corrected chi connectivity index (χ4v) is 3.11. The van der Waals surface area contributed by atoms with E-state index in [9.17, 15) is 9.59 Å². The van der Waals surface area contributed by atoms with E-state index in [1.165, 1.54) is 10.9 Å². The lowest BCUT2D eigenvalue weighted by Gasteiger charge is -2.15. The van der Waals surface area contributed by atoms with Crippen LogP contribution in [0.4, 0.5) is 0 Å². The van der Waals surface area contributed by atoms with E-state index < -0.39 is 0 Å². The number of aromatic amines is 1. The molecule has 5 nitrogen and oxygen atoms in total. The van der Waals surface area contributed by atoms with Gasteiger partial charge in [0.15, 0.2) is 0 Å². The highest BCUT2D eigenvalue weighted by atomic mass is 16.2. The van der Waals surface area contributed by atoms with Crippen molar-refractivity contribution in [2.45, 2.75) is 32.1 Å². The van der Waals surface area contributed by atoms with Crippen molar-refractivity contribution in [1.29, 1.82) is 0 Å². The Kier molecular flexibility index (Phi) is 4.95. The Hall–Kier alpha value is -2.30. The van der Waals surface area contributed by atoms with Gasteiger partial charge in [-0.3, -0.25) is 9.59 Å². The van der Waals surface area contributed by atoms with Gasteiger partial charge in [0.25, 0.3) is 0 Å². The number of aryl methyl sites for hydroxylation is 1. The van der Waals surface area contributed by atoms with Gasteiger partial charge in [0.05, 0.1) is 0 Å². The summed E-state index contributed by atoms with van der Waals surface area (Å²) in [5.41, 5.74) is 2.29. The van der Waals surface area contributed by atoms with Crippen LogP contribution in [0.25, 0.3) is 10.9 Å². The van der Waals surface area contributed by atoms with E-state index in [0.29, 0.717) is 19.4 Å².